The van der Waals surface area contributed by atoms with Gasteiger partial charge in [-0.05, 0) is 76.2 Å². The Hall–Kier alpha value is -4.14. The highest BCUT2D eigenvalue weighted by Gasteiger charge is 2.20. The van der Waals surface area contributed by atoms with Gasteiger partial charge in [-0.25, -0.2) is 14.5 Å². The monoisotopic (exact) mass is 462 g/mol. The number of carbonyl (C=O) groups is 1. The first kappa shape index (κ1) is 23.0. The van der Waals surface area contributed by atoms with E-state index in [9.17, 15) is 4.79 Å². The second-order valence-corrected chi connectivity index (χ2v) is 7.92. The molecule has 0 N–H and O–H groups in total. The third-order valence-corrected chi connectivity index (χ3v) is 5.11. The fourth-order valence-electron chi connectivity index (χ4n) is 3.32. The van der Waals surface area contributed by atoms with Gasteiger partial charge in [-0.3, -0.25) is 0 Å². The van der Waals surface area contributed by atoms with Gasteiger partial charge in [-0.15, -0.1) is 5.10 Å². The van der Waals surface area contributed by atoms with E-state index in [1.165, 1.54) is 0 Å². The quantitative estimate of drug-likeness (QED) is 0.348. The van der Waals surface area contributed by atoms with E-state index < -0.39 is 5.97 Å². The summed E-state index contributed by atoms with van der Waals surface area (Å²) in [6, 6.07) is 14.8. The van der Waals surface area contributed by atoms with Crippen LogP contribution in [0, 0.1) is 13.8 Å². The zero-order valence-corrected chi connectivity index (χ0v) is 19.7. The number of esters is 1. The van der Waals surface area contributed by atoms with Gasteiger partial charge in [0.1, 0.15) is 29.6 Å². The summed E-state index contributed by atoms with van der Waals surface area (Å²) in [6.45, 7) is 7.44. The van der Waals surface area contributed by atoms with E-state index in [1.807, 2.05) is 62.4 Å². The molecule has 0 amide bonds. The topological polar surface area (TPSA) is 102 Å². The van der Waals surface area contributed by atoms with Crippen LogP contribution in [0.1, 0.15) is 41.5 Å². The molecule has 0 atom stereocenters. The molecule has 4 aromatic rings. The average molecular weight is 463 g/mol. The van der Waals surface area contributed by atoms with E-state index in [0.29, 0.717) is 23.0 Å². The molecule has 9 nitrogen and oxygen atoms in total. The van der Waals surface area contributed by atoms with Gasteiger partial charge in [0.25, 0.3) is 0 Å². The normalized spacial score (nSPS) is 11.0. The van der Waals surface area contributed by atoms with Crippen molar-refractivity contribution in [3.63, 3.8) is 0 Å². The van der Waals surface area contributed by atoms with Crippen molar-refractivity contribution in [3.8, 4) is 28.6 Å². The molecule has 0 aliphatic carbocycles. The van der Waals surface area contributed by atoms with Crippen LogP contribution in [-0.2, 0) is 11.3 Å². The van der Waals surface area contributed by atoms with Gasteiger partial charge in [-0.2, -0.15) is 0 Å². The lowest BCUT2D eigenvalue weighted by atomic mass is 10.2. The molecule has 2 aromatic heterocycles. The lowest BCUT2D eigenvalue weighted by molar-refractivity contribution is 0.0459. The number of aryl methyl sites for hydroxylation is 1. The van der Waals surface area contributed by atoms with Crippen molar-refractivity contribution < 1.29 is 23.4 Å². The van der Waals surface area contributed by atoms with E-state index in [4.69, 9.17) is 18.6 Å². The van der Waals surface area contributed by atoms with Crippen LogP contribution in [0.5, 0.6) is 11.5 Å². The summed E-state index contributed by atoms with van der Waals surface area (Å²) in [6.07, 6.45) is 0.0950. The summed E-state index contributed by atoms with van der Waals surface area (Å²) >= 11 is 0. The zero-order chi connectivity index (χ0) is 24.2. The molecule has 0 saturated heterocycles. The van der Waals surface area contributed by atoms with Gasteiger partial charge >= 0.3 is 5.97 Å². The lowest BCUT2D eigenvalue weighted by Gasteiger charge is -2.09. The average Bonchev–Trinajstić information content (AvgIpc) is 3.40. The summed E-state index contributed by atoms with van der Waals surface area (Å²) in [5.41, 5.74) is 2.79. The van der Waals surface area contributed by atoms with Gasteiger partial charge < -0.3 is 18.6 Å². The first-order valence-corrected chi connectivity index (χ1v) is 10.8. The van der Waals surface area contributed by atoms with Crippen molar-refractivity contribution in [3.05, 3.63) is 71.4 Å². The molecule has 2 heterocycles. The molecule has 0 fully saturated rings. The minimum Gasteiger partial charge on any atom is -0.497 e. The number of aromatic nitrogens is 4. The number of carbonyl (C=O) groups excluding carboxylic acids is 1. The summed E-state index contributed by atoms with van der Waals surface area (Å²) in [5.74, 6) is 1.93. The Morgan fingerprint density at radius 1 is 1.03 bits per heavy atom. The number of benzene rings is 2. The van der Waals surface area contributed by atoms with Crippen LogP contribution in [0.3, 0.4) is 0 Å². The molecule has 4 rings (SSSR count). The maximum Gasteiger partial charge on any atom is 0.361 e. The van der Waals surface area contributed by atoms with Crippen molar-refractivity contribution in [2.24, 2.45) is 0 Å². The molecule has 0 aliphatic rings. The van der Waals surface area contributed by atoms with E-state index in [-0.39, 0.29) is 18.4 Å². The fraction of sp³-hybridized carbons (Fsp3) is 0.280. The van der Waals surface area contributed by atoms with Gasteiger partial charge in [0.05, 0.1) is 24.6 Å². The highest BCUT2D eigenvalue weighted by Crippen LogP contribution is 2.25. The molecule has 0 aliphatic heterocycles. The third kappa shape index (κ3) is 4.93. The number of hydrogen-bond donors (Lipinski definition) is 0. The van der Waals surface area contributed by atoms with Crippen molar-refractivity contribution in [1.29, 1.82) is 0 Å². The molecule has 0 saturated carbocycles. The first-order valence-electron chi connectivity index (χ1n) is 10.8. The number of methoxy groups -OCH3 is 1. The first-order chi connectivity index (χ1) is 16.4. The Morgan fingerprint density at radius 2 is 1.71 bits per heavy atom. The van der Waals surface area contributed by atoms with Gasteiger partial charge in [-0.1, -0.05) is 5.21 Å². The highest BCUT2D eigenvalue weighted by molar-refractivity contribution is 5.88. The van der Waals surface area contributed by atoms with Crippen LogP contribution in [0.2, 0.25) is 0 Å². The Balaban J connectivity index is 1.43. The largest absolute Gasteiger partial charge is 0.497 e. The predicted molar refractivity (Wildman–Crippen MR) is 124 cm³/mol. The number of hydrogen-bond acceptors (Lipinski definition) is 8. The van der Waals surface area contributed by atoms with Crippen LogP contribution in [0.4, 0.5) is 0 Å². The Labute approximate surface area is 197 Å². The molecule has 0 spiro atoms. The summed E-state index contributed by atoms with van der Waals surface area (Å²) in [4.78, 5) is 17.2. The summed E-state index contributed by atoms with van der Waals surface area (Å²) in [5, 5.41) is 8.09. The summed E-state index contributed by atoms with van der Waals surface area (Å²) < 4.78 is 23.6. The predicted octanol–water partition coefficient (Wildman–Crippen LogP) is 4.69. The highest BCUT2D eigenvalue weighted by atomic mass is 16.5. The second-order valence-electron chi connectivity index (χ2n) is 7.92. The molecule has 9 heteroatoms. The van der Waals surface area contributed by atoms with E-state index in [1.54, 1.807) is 25.6 Å². The Bertz CT molecular complexity index is 1270. The number of rotatable bonds is 8. The third-order valence-electron chi connectivity index (χ3n) is 5.11. The number of nitrogens with zero attached hydrogens (tertiary/aromatic N) is 4. The van der Waals surface area contributed by atoms with Crippen LogP contribution in [0.25, 0.3) is 17.1 Å². The smallest absolute Gasteiger partial charge is 0.361 e. The van der Waals surface area contributed by atoms with Crippen molar-refractivity contribution in [2.45, 2.75) is 40.4 Å². The molecule has 176 valence electrons. The van der Waals surface area contributed by atoms with Crippen LogP contribution in [-0.4, -0.2) is 39.2 Å². The number of ether oxygens (including phenoxy) is 3. The molecule has 0 unspecified atom stereocenters. The van der Waals surface area contributed by atoms with E-state index in [2.05, 4.69) is 15.3 Å². The lowest BCUT2D eigenvalue weighted by Crippen LogP contribution is -2.09. The molecule has 34 heavy (non-hydrogen) atoms. The molecular formula is C25H26N4O5. The van der Waals surface area contributed by atoms with Gasteiger partial charge in [0.2, 0.25) is 5.89 Å². The minimum atomic E-state index is -0.587. The van der Waals surface area contributed by atoms with Gasteiger partial charge in [0.15, 0.2) is 5.69 Å². The van der Waals surface area contributed by atoms with Crippen molar-refractivity contribution in [1.82, 2.24) is 20.0 Å². The zero-order valence-electron chi connectivity index (χ0n) is 19.7. The van der Waals surface area contributed by atoms with Crippen LogP contribution in [0.15, 0.2) is 52.9 Å². The second kappa shape index (κ2) is 9.78. The van der Waals surface area contributed by atoms with Crippen LogP contribution >= 0.6 is 0 Å². The van der Waals surface area contributed by atoms with Crippen molar-refractivity contribution in [2.75, 3.05) is 7.11 Å². The molecule has 2 aromatic carbocycles. The molecular weight excluding hydrogens is 436 g/mol. The van der Waals surface area contributed by atoms with Crippen LogP contribution < -0.4 is 9.47 Å². The fourth-order valence-corrected chi connectivity index (χ4v) is 3.32. The maximum atomic E-state index is 12.7. The minimum absolute atomic E-state index is 0.0441. The Kier molecular flexibility index (Phi) is 6.62. The van der Waals surface area contributed by atoms with E-state index >= 15 is 0 Å². The Morgan fingerprint density at radius 3 is 2.35 bits per heavy atom. The number of oxazole rings is 1. The van der Waals surface area contributed by atoms with Gasteiger partial charge in [0, 0.05) is 5.56 Å². The molecule has 0 bridgehead atoms. The maximum absolute atomic E-state index is 12.7. The SMILES string of the molecule is COc1ccc(-n2nnc(C(=O)OCc3nc(-c4ccc(OC(C)C)cc4)oc3C)c2C)cc1. The van der Waals surface area contributed by atoms with Crippen molar-refractivity contribution >= 4 is 5.97 Å². The standard InChI is InChI=1S/C25H26N4O5/c1-15(2)33-21-10-6-18(7-11-21)24-26-22(17(4)34-24)14-32-25(30)23-16(3)29(28-27-23)19-8-12-20(31-5)13-9-19/h6-13,15H,14H2,1-5H3. The summed E-state index contributed by atoms with van der Waals surface area (Å²) in [7, 11) is 1.60. The molecule has 0 radical (unpaired) electrons. The van der Waals surface area contributed by atoms with E-state index in [0.717, 1.165) is 22.7 Å².